The Hall–Kier alpha value is -3.42. The zero-order valence-corrected chi connectivity index (χ0v) is 17.4. The highest BCUT2D eigenvalue weighted by Crippen LogP contribution is 2.31. The molecule has 5 rings (SSSR count). The number of halogens is 1. The fourth-order valence-corrected chi connectivity index (χ4v) is 4.29. The third-order valence-electron chi connectivity index (χ3n) is 6.40. The highest BCUT2D eigenvalue weighted by Gasteiger charge is 2.34. The Morgan fingerprint density at radius 1 is 1.13 bits per heavy atom. The molecule has 0 N–H and O–H groups in total. The van der Waals surface area contributed by atoms with E-state index in [4.69, 9.17) is 0 Å². The van der Waals surface area contributed by atoms with Crippen LogP contribution in [-0.2, 0) is 4.79 Å². The maximum Gasteiger partial charge on any atom is 0.325 e. The molecule has 8 heteroatoms. The van der Waals surface area contributed by atoms with E-state index in [1.54, 1.807) is 43.8 Å². The van der Waals surface area contributed by atoms with E-state index >= 15 is 0 Å². The summed E-state index contributed by atoms with van der Waals surface area (Å²) in [5.74, 6) is -0.388. The standard InChI is InChI=1S/C23H24FN5O2/c1-26(16-6-4-7-16)22(30)15-27-12-13-28(23(27)31)19-10-5-11-20-17(19)14-25-29(20)21-9-3-2-8-18(21)24/h2-3,5,8-11,14,16H,4,6-7,12-13,15H2,1H3. The smallest absolute Gasteiger partial charge is 0.325 e. The van der Waals surface area contributed by atoms with E-state index in [0.29, 0.717) is 30.5 Å². The van der Waals surface area contributed by atoms with Gasteiger partial charge in [0.2, 0.25) is 5.91 Å². The van der Waals surface area contributed by atoms with Crippen molar-refractivity contribution in [2.75, 3.05) is 31.6 Å². The monoisotopic (exact) mass is 421 g/mol. The number of hydrogen-bond donors (Lipinski definition) is 0. The largest absolute Gasteiger partial charge is 0.341 e. The van der Waals surface area contributed by atoms with E-state index in [2.05, 4.69) is 5.10 Å². The lowest BCUT2D eigenvalue weighted by molar-refractivity contribution is -0.133. The van der Waals surface area contributed by atoms with Crippen LogP contribution in [0.5, 0.6) is 0 Å². The lowest BCUT2D eigenvalue weighted by Gasteiger charge is -2.35. The maximum atomic E-state index is 14.3. The Bertz CT molecular complexity index is 1160. The van der Waals surface area contributed by atoms with Crippen molar-refractivity contribution in [3.05, 3.63) is 54.5 Å². The molecular formula is C23H24FN5O2. The summed E-state index contributed by atoms with van der Waals surface area (Å²) in [7, 11) is 1.82. The Kier molecular flexibility index (Phi) is 4.84. The number of carbonyl (C=O) groups is 2. The normalized spacial score (nSPS) is 16.8. The molecular weight excluding hydrogens is 397 g/mol. The minimum Gasteiger partial charge on any atom is -0.341 e. The van der Waals surface area contributed by atoms with Crippen LogP contribution in [0.1, 0.15) is 19.3 Å². The number of urea groups is 1. The van der Waals surface area contributed by atoms with E-state index in [-0.39, 0.29) is 24.3 Å². The predicted octanol–water partition coefficient (Wildman–Crippen LogP) is 3.42. The van der Waals surface area contributed by atoms with Crippen LogP contribution in [-0.4, -0.2) is 64.2 Å². The molecule has 2 fully saturated rings. The number of fused-ring (bicyclic) bond motifs is 1. The molecule has 3 amide bonds. The first-order valence-electron chi connectivity index (χ1n) is 10.6. The van der Waals surface area contributed by atoms with Crippen LogP contribution in [0.15, 0.2) is 48.7 Å². The maximum absolute atomic E-state index is 14.3. The van der Waals surface area contributed by atoms with E-state index in [1.165, 1.54) is 6.07 Å². The summed E-state index contributed by atoms with van der Waals surface area (Å²) in [6, 6.07) is 12.1. The molecule has 0 spiro atoms. The van der Waals surface area contributed by atoms with E-state index in [0.717, 1.165) is 30.2 Å². The van der Waals surface area contributed by atoms with Gasteiger partial charge in [-0.1, -0.05) is 18.2 Å². The van der Waals surface area contributed by atoms with Crippen LogP contribution in [0.4, 0.5) is 14.9 Å². The van der Waals surface area contributed by atoms with Crippen LogP contribution in [0, 0.1) is 5.82 Å². The molecule has 2 aromatic carbocycles. The summed E-state index contributed by atoms with van der Waals surface area (Å²) in [5.41, 5.74) is 1.79. The number of nitrogens with zero attached hydrogens (tertiary/aromatic N) is 5. The molecule has 0 unspecified atom stereocenters. The average molecular weight is 421 g/mol. The molecule has 3 aromatic rings. The van der Waals surface area contributed by atoms with Gasteiger partial charge in [-0.25, -0.2) is 13.9 Å². The average Bonchev–Trinajstić information content (AvgIpc) is 3.31. The number of anilines is 1. The molecule has 2 heterocycles. The zero-order chi connectivity index (χ0) is 21.5. The molecule has 0 atom stereocenters. The zero-order valence-electron chi connectivity index (χ0n) is 17.4. The Morgan fingerprint density at radius 2 is 1.90 bits per heavy atom. The highest BCUT2D eigenvalue weighted by molar-refractivity contribution is 6.04. The van der Waals surface area contributed by atoms with Crippen molar-refractivity contribution in [1.82, 2.24) is 19.6 Å². The lowest BCUT2D eigenvalue weighted by atomic mass is 9.92. The summed E-state index contributed by atoms with van der Waals surface area (Å²) in [4.78, 5) is 30.7. The van der Waals surface area contributed by atoms with Gasteiger partial charge in [0.25, 0.3) is 0 Å². The molecule has 0 radical (unpaired) electrons. The van der Waals surface area contributed by atoms with Crippen LogP contribution in [0.3, 0.4) is 0 Å². The molecule has 0 bridgehead atoms. The number of hydrogen-bond acceptors (Lipinski definition) is 3. The fraction of sp³-hybridized carbons (Fsp3) is 0.348. The summed E-state index contributed by atoms with van der Waals surface area (Å²) in [6.07, 6.45) is 4.89. The first-order valence-corrected chi connectivity index (χ1v) is 10.6. The Balaban J connectivity index is 1.39. The van der Waals surface area contributed by atoms with Gasteiger partial charge in [0, 0.05) is 31.6 Å². The summed E-state index contributed by atoms with van der Waals surface area (Å²) in [5, 5.41) is 5.14. The fourth-order valence-electron chi connectivity index (χ4n) is 4.29. The van der Waals surface area contributed by atoms with Crippen molar-refractivity contribution in [2.45, 2.75) is 25.3 Å². The van der Waals surface area contributed by atoms with Gasteiger partial charge in [0.1, 0.15) is 18.0 Å². The number of para-hydroxylation sites is 1. The Labute approximate surface area is 179 Å². The number of amides is 3. The van der Waals surface area contributed by atoms with Crippen molar-refractivity contribution < 1.29 is 14.0 Å². The summed E-state index contributed by atoms with van der Waals surface area (Å²) in [6.45, 7) is 1.07. The second-order valence-electron chi connectivity index (χ2n) is 8.16. The van der Waals surface area contributed by atoms with Crippen LogP contribution < -0.4 is 4.90 Å². The van der Waals surface area contributed by atoms with Crippen molar-refractivity contribution in [3.8, 4) is 5.69 Å². The van der Waals surface area contributed by atoms with Crippen LogP contribution in [0.25, 0.3) is 16.6 Å². The first-order chi connectivity index (χ1) is 15.0. The van der Waals surface area contributed by atoms with Crippen molar-refractivity contribution >= 4 is 28.5 Å². The number of carbonyl (C=O) groups excluding carboxylic acids is 2. The van der Waals surface area contributed by atoms with Gasteiger partial charge in [-0.05, 0) is 43.5 Å². The van der Waals surface area contributed by atoms with E-state index < -0.39 is 0 Å². The minimum absolute atomic E-state index is 0.0227. The number of rotatable bonds is 5. The van der Waals surface area contributed by atoms with Gasteiger partial charge in [-0.15, -0.1) is 0 Å². The number of likely N-dealkylation sites (N-methyl/N-ethyl adjacent to an activating group) is 1. The van der Waals surface area contributed by atoms with Gasteiger partial charge < -0.3 is 9.80 Å². The van der Waals surface area contributed by atoms with Gasteiger partial charge in [-0.3, -0.25) is 9.69 Å². The summed E-state index contributed by atoms with van der Waals surface area (Å²) < 4.78 is 15.8. The second kappa shape index (κ2) is 7.68. The molecule has 1 saturated heterocycles. The first kappa shape index (κ1) is 19.5. The molecule has 7 nitrogen and oxygen atoms in total. The quantitative estimate of drug-likeness (QED) is 0.634. The minimum atomic E-state index is -0.365. The third kappa shape index (κ3) is 3.32. The molecule has 1 aromatic heterocycles. The third-order valence-corrected chi connectivity index (χ3v) is 6.40. The molecule has 1 aliphatic heterocycles. The van der Waals surface area contributed by atoms with Crippen molar-refractivity contribution in [1.29, 1.82) is 0 Å². The van der Waals surface area contributed by atoms with Crippen LogP contribution >= 0.6 is 0 Å². The van der Waals surface area contributed by atoms with Gasteiger partial charge >= 0.3 is 6.03 Å². The molecule has 2 aliphatic rings. The molecule has 1 aliphatic carbocycles. The molecule has 1 saturated carbocycles. The van der Waals surface area contributed by atoms with Gasteiger partial charge in [0.05, 0.1) is 17.4 Å². The van der Waals surface area contributed by atoms with Gasteiger partial charge in [0.15, 0.2) is 0 Å². The predicted molar refractivity (Wildman–Crippen MR) is 116 cm³/mol. The van der Waals surface area contributed by atoms with Crippen LogP contribution in [0.2, 0.25) is 0 Å². The molecule has 160 valence electrons. The van der Waals surface area contributed by atoms with E-state index in [1.807, 2.05) is 25.2 Å². The number of aromatic nitrogens is 2. The van der Waals surface area contributed by atoms with E-state index in [9.17, 15) is 14.0 Å². The number of benzene rings is 2. The molecule has 31 heavy (non-hydrogen) atoms. The lowest BCUT2D eigenvalue weighted by Crippen LogP contribution is -2.46. The van der Waals surface area contributed by atoms with Crippen molar-refractivity contribution in [3.63, 3.8) is 0 Å². The Morgan fingerprint density at radius 3 is 2.65 bits per heavy atom. The van der Waals surface area contributed by atoms with Crippen molar-refractivity contribution in [2.24, 2.45) is 0 Å². The van der Waals surface area contributed by atoms with Gasteiger partial charge in [-0.2, -0.15) is 5.10 Å². The topological polar surface area (TPSA) is 61.7 Å². The highest BCUT2D eigenvalue weighted by atomic mass is 19.1. The SMILES string of the molecule is CN(C(=O)CN1CCN(c2cccc3c2cnn3-c2ccccc2F)C1=O)C1CCC1. The second-order valence-corrected chi connectivity index (χ2v) is 8.16. The summed E-state index contributed by atoms with van der Waals surface area (Å²) >= 11 is 0.